The number of hydrogen-bond acceptors (Lipinski definition) is 3. The molecule has 1 N–H and O–H groups in total. The Balaban J connectivity index is 1.61. The summed E-state index contributed by atoms with van der Waals surface area (Å²) in [6.45, 7) is 2.41. The molecule has 1 saturated heterocycles. The maximum absolute atomic E-state index is 6.18. The summed E-state index contributed by atoms with van der Waals surface area (Å²) in [5.74, 6) is 1.61. The molecule has 0 radical (unpaired) electrons. The highest BCUT2D eigenvalue weighted by Gasteiger charge is 2.15. The van der Waals surface area contributed by atoms with Crippen LogP contribution in [0.4, 0.5) is 0 Å². The molecule has 2 aromatic rings. The summed E-state index contributed by atoms with van der Waals surface area (Å²) >= 11 is 12.2. The molecule has 0 bridgehead atoms. The van der Waals surface area contributed by atoms with Crippen LogP contribution in [0.15, 0.2) is 34.7 Å². The lowest BCUT2D eigenvalue weighted by Gasteiger charge is -2.09. The van der Waals surface area contributed by atoms with Crippen molar-refractivity contribution in [1.82, 2.24) is 5.32 Å². The van der Waals surface area contributed by atoms with Crippen molar-refractivity contribution in [2.45, 2.75) is 25.5 Å². The van der Waals surface area contributed by atoms with Gasteiger partial charge >= 0.3 is 0 Å². The van der Waals surface area contributed by atoms with Gasteiger partial charge in [0.25, 0.3) is 0 Å². The molecule has 5 heteroatoms. The zero-order valence-electron chi connectivity index (χ0n) is 11.6. The van der Waals surface area contributed by atoms with E-state index in [1.165, 1.54) is 0 Å². The van der Waals surface area contributed by atoms with Crippen LogP contribution in [-0.2, 0) is 11.3 Å². The van der Waals surface area contributed by atoms with Crippen LogP contribution in [0.2, 0.25) is 10.0 Å². The molecule has 1 aliphatic heterocycles. The van der Waals surface area contributed by atoms with Crippen molar-refractivity contribution in [3.63, 3.8) is 0 Å². The molecule has 1 aromatic carbocycles. The van der Waals surface area contributed by atoms with Crippen molar-refractivity contribution < 1.29 is 9.15 Å². The fraction of sp³-hybridized carbons (Fsp3) is 0.375. The number of furan rings is 1. The van der Waals surface area contributed by atoms with Crippen LogP contribution in [0.1, 0.15) is 18.6 Å². The van der Waals surface area contributed by atoms with Crippen molar-refractivity contribution in [3.05, 3.63) is 46.1 Å². The van der Waals surface area contributed by atoms with Gasteiger partial charge in [-0.05, 0) is 43.2 Å². The Morgan fingerprint density at radius 1 is 1.19 bits per heavy atom. The summed E-state index contributed by atoms with van der Waals surface area (Å²) in [5, 5.41) is 4.63. The zero-order valence-corrected chi connectivity index (χ0v) is 13.1. The Hall–Kier alpha value is -1.00. The fourth-order valence-corrected chi connectivity index (χ4v) is 2.85. The van der Waals surface area contributed by atoms with Crippen LogP contribution in [0, 0.1) is 0 Å². The van der Waals surface area contributed by atoms with Gasteiger partial charge in [0.2, 0.25) is 0 Å². The largest absolute Gasteiger partial charge is 0.460 e. The Kier molecular flexibility index (Phi) is 4.86. The van der Waals surface area contributed by atoms with Gasteiger partial charge < -0.3 is 14.5 Å². The van der Waals surface area contributed by atoms with Crippen molar-refractivity contribution >= 4 is 23.2 Å². The first-order valence-electron chi connectivity index (χ1n) is 7.09. The average molecular weight is 326 g/mol. The summed E-state index contributed by atoms with van der Waals surface area (Å²) in [6, 6.07) is 9.22. The molecular weight excluding hydrogens is 309 g/mol. The van der Waals surface area contributed by atoms with E-state index in [4.69, 9.17) is 32.4 Å². The molecule has 3 rings (SSSR count). The van der Waals surface area contributed by atoms with Gasteiger partial charge in [-0.3, -0.25) is 0 Å². The van der Waals surface area contributed by atoms with Gasteiger partial charge in [0.05, 0.1) is 17.7 Å². The van der Waals surface area contributed by atoms with Crippen LogP contribution in [-0.4, -0.2) is 19.3 Å². The standard InChI is InChI=1S/C16H17Cl2NO2/c17-11-3-5-15(18)14(8-11)16-6-4-13(21-16)10-19-9-12-2-1-7-20-12/h3-6,8,12,19H,1-2,7,9-10H2/t12-/m0/s1. The second-order valence-corrected chi connectivity index (χ2v) is 6.00. The lowest BCUT2D eigenvalue weighted by Crippen LogP contribution is -2.25. The summed E-state index contributed by atoms with van der Waals surface area (Å²) in [4.78, 5) is 0. The molecular formula is C16H17Cl2NO2. The third-order valence-corrected chi connectivity index (χ3v) is 4.12. The zero-order chi connectivity index (χ0) is 14.7. The third-order valence-electron chi connectivity index (χ3n) is 3.55. The van der Waals surface area contributed by atoms with E-state index >= 15 is 0 Å². The van der Waals surface area contributed by atoms with Gasteiger partial charge in [-0.1, -0.05) is 23.2 Å². The van der Waals surface area contributed by atoms with Gasteiger partial charge in [-0.25, -0.2) is 0 Å². The van der Waals surface area contributed by atoms with Crippen LogP contribution in [0.3, 0.4) is 0 Å². The Bertz CT molecular complexity index is 606. The number of ether oxygens (including phenoxy) is 1. The Morgan fingerprint density at radius 3 is 2.90 bits per heavy atom. The summed E-state index contributed by atoms with van der Waals surface area (Å²) in [5.41, 5.74) is 0.814. The van der Waals surface area contributed by atoms with E-state index in [2.05, 4.69) is 5.32 Å². The van der Waals surface area contributed by atoms with Gasteiger partial charge in [0, 0.05) is 23.7 Å². The van der Waals surface area contributed by atoms with Gasteiger partial charge in [-0.2, -0.15) is 0 Å². The molecule has 21 heavy (non-hydrogen) atoms. The predicted octanol–water partition coefficient (Wildman–Crippen LogP) is 4.52. The van der Waals surface area contributed by atoms with Crippen LogP contribution >= 0.6 is 23.2 Å². The topological polar surface area (TPSA) is 34.4 Å². The van der Waals surface area contributed by atoms with Crippen LogP contribution in [0.5, 0.6) is 0 Å². The number of rotatable bonds is 5. The summed E-state index contributed by atoms with van der Waals surface area (Å²) in [7, 11) is 0. The van der Waals surface area contributed by atoms with E-state index in [0.29, 0.717) is 22.7 Å². The molecule has 0 saturated carbocycles. The molecule has 0 aliphatic carbocycles. The van der Waals surface area contributed by atoms with Crippen molar-refractivity contribution in [2.24, 2.45) is 0 Å². The van der Waals surface area contributed by atoms with Gasteiger partial charge in [-0.15, -0.1) is 0 Å². The van der Waals surface area contributed by atoms with E-state index in [1.54, 1.807) is 12.1 Å². The van der Waals surface area contributed by atoms with Crippen LogP contribution < -0.4 is 5.32 Å². The van der Waals surface area contributed by atoms with Crippen molar-refractivity contribution in [2.75, 3.05) is 13.2 Å². The average Bonchev–Trinajstić information content (AvgIpc) is 3.13. The monoisotopic (exact) mass is 325 g/mol. The van der Waals surface area contributed by atoms with E-state index in [9.17, 15) is 0 Å². The third kappa shape index (κ3) is 3.80. The van der Waals surface area contributed by atoms with Crippen molar-refractivity contribution in [3.8, 4) is 11.3 Å². The van der Waals surface area contributed by atoms with Gasteiger partial charge in [0.15, 0.2) is 0 Å². The second kappa shape index (κ2) is 6.84. The van der Waals surface area contributed by atoms with E-state index < -0.39 is 0 Å². The van der Waals surface area contributed by atoms with E-state index in [1.807, 2.05) is 18.2 Å². The minimum atomic E-state index is 0.335. The second-order valence-electron chi connectivity index (χ2n) is 5.16. The maximum atomic E-state index is 6.18. The van der Waals surface area contributed by atoms with Crippen LogP contribution in [0.25, 0.3) is 11.3 Å². The molecule has 3 nitrogen and oxygen atoms in total. The number of halogens is 2. The fourth-order valence-electron chi connectivity index (χ4n) is 2.47. The summed E-state index contributed by atoms with van der Waals surface area (Å²) in [6.07, 6.45) is 2.63. The summed E-state index contributed by atoms with van der Waals surface area (Å²) < 4.78 is 11.4. The molecule has 0 spiro atoms. The minimum Gasteiger partial charge on any atom is -0.460 e. The predicted molar refractivity (Wildman–Crippen MR) is 84.8 cm³/mol. The number of benzene rings is 1. The van der Waals surface area contributed by atoms with E-state index in [-0.39, 0.29) is 0 Å². The lowest BCUT2D eigenvalue weighted by atomic mass is 10.2. The maximum Gasteiger partial charge on any atom is 0.135 e. The molecule has 112 valence electrons. The Morgan fingerprint density at radius 2 is 2.10 bits per heavy atom. The molecule has 2 heterocycles. The van der Waals surface area contributed by atoms with Gasteiger partial charge in [0.1, 0.15) is 11.5 Å². The molecule has 1 atom stereocenters. The first-order chi connectivity index (χ1) is 10.2. The van der Waals surface area contributed by atoms with Crippen molar-refractivity contribution in [1.29, 1.82) is 0 Å². The molecule has 0 amide bonds. The number of hydrogen-bond donors (Lipinski definition) is 1. The quantitative estimate of drug-likeness (QED) is 0.877. The highest BCUT2D eigenvalue weighted by atomic mass is 35.5. The highest BCUT2D eigenvalue weighted by molar-refractivity contribution is 6.35. The lowest BCUT2D eigenvalue weighted by molar-refractivity contribution is 0.109. The SMILES string of the molecule is Clc1ccc(Cl)c(-c2ccc(CNC[C@@H]3CCCO3)o2)c1. The Labute approximate surface area is 134 Å². The molecule has 0 unspecified atom stereocenters. The highest BCUT2D eigenvalue weighted by Crippen LogP contribution is 2.31. The first-order valence-corrected chi connectivity index (χ1v) is 7.84. The molecule has 1 aliphatic rings. The first kappa shape index (κ1) is 14.9. The minimum absolute atomic E-state index is 0.335. The smallest absolute Gasteiger partial charge is 0.135 e. The number of nitrogens with one attached hydrogen (secondary N) is 1. The van der Waals surface area contributed by atoms with E-state index in [0.717, 1.165) is 43.1 Å². The normalized spacial score (nSPS) is 18.3. The molecule has 1 fully saturated rings. The molecule has 1 aromatic heterocycles.